The maximum Gasteiger partial charge on any atom is 0.242 e. The minimum Gasteiger partial charge on any atom is -0.489 e. The van der Waals surface area contributed by atoms with Crippen molar-refractivity contribution in [3.8, 4) is 5.75 Å². The number of hydrogen-bond acceptors (Lipinski definition) is 3. The summed E-state index contributed by atoms with van der Waals surface area (Å²) >= 11 is 5.71. The van der Waals surface area contributed by atoms with Crippen LogP contribution in [0.15, 0.2) is 48.5 Å². The van der Waals surface area contributed by atoms with Gasteiger partial charge in [0.15, 0.2) is 0 Å². The summed E-state index contributed by atoms with van der Waals surface area (Å²) in [6.45, 7) is 4.29. The van der Waals surface area contributed by atoms with Gasteiger partial charge in [-0.15, -0.1) is 11.6 Å². The van der Waals surface area contributed by atoms with Gasteiger partial charge in [0.1, 0.15) is 18.2 Å². The van der Waals surface area contributed by atoms with E-state index < -0.39 is 0 Å². The molecule has 0 aliphatic rings. The van der Waals surface area contributed by atoms with Gasteiger partial charge in [-0.05, 0) is 31.5 Å². The van der Waals surface area contributed by atoms with Gasteiger partial charge in [0.05, 0.1) is 11.4 Å². The molecule has 122 valence electrons. The lowest BCUT2D eigenvalue weighted by atomic mass is 10.2. The van der Waals surface area contributed by atoms with Crippen molar-refractivity contribution in [1.29, 1.82) is 0 Å². The zero-order valence-corrected chi connectivity index (χ0v) is 14.1. The molecule has 0 unspecified atom stereocenters. The van der Waals surface area contributed by atoms with Crippen molar-refractivity contribution in [2.45, 2.75) is 26.5 Å². The van der Waals surface area contributed by atoms with Crippen LogP contribution in [-0.4, -0.2) is 17.8 Å². The number of nitrogen functional groups attached to an aromatic ring is 1. The first-order chi connectivity index (χ1) is 11.0. The zero-order chi connectivity index (χ0) is 16.8. The molecule has 23 heavy (non-hydrogen) atoms. The molecular weight excluding hydrogens is 312 g/mol. The Kier molecular flexibility index (Phi) is 5.88. The normalized spacial score (nSPS) is 10.6. The van der Waals surface area contributed by atoms with Gasteiger partial charge in [0.25, 0.3) is 0 Å². The maximum absolute atomic E-state index is 12.1. The van der Waals surface area contributed by atoms with E-state index in [9.17, 15) is 4.79 Å². The van der Waals surface area contributed by atoms with Gasteiger partial charge < -0.3 is 15.4 Å². The number of nitrogens with zero attached hydrogens (tertiary/aromatic N) is 1. The predicted octanol–water partition coefficient (Wildman–Crippen LogP) is 3.83. The van der Waals surface area contributed by atoms with Crippen LogP contribution in [0, 0.1) is 0 Å². The summed E-state index contributed by atoms with van der Waals surface area (Å²) in [6, 6.07) is 15.2. The fourth-order valence-corrected chi connectivity index (χ4v) is 2.46. The van der Waals surface area contributed by atoms with Crippen LogP contribution in [0.5, 0.6) is 5.75 Å². The fraction of sp³-hybridized carbons (Fsp3) is 0.278. The molecule has 2 aromatic rings. The van der Waals surface area contributed by atoms with Crippen LogP contribution in [0.3, 0.4) is 0 Å². The van der Waals surface area contributed by atoms with Gasteiger partial charge in [0, 0.05) is 12.1 Å². The Labute approximate surface area is 141 Å². The number of carbonyl (C=O) groups is 1. The van der Waals surface area contributed by atoms with E-state index in [1.807, 2.05) is 44.2 Å². The molecule has 5 heteroatoms. The maximum atomic E-state index is 12.1. The van der Waals surface area contributed by atoms with E-state index in [1.54, 1.807) is 23.1 Å². The molecule has 0 aliphatic carbocycles. The fourth-order valence-electron chi connectivity index (χ4n) is 2.33. The molecule has 0 fully saturated rings. The average molecular weight is 333 g/mol. The highest BCUT2D eigenvalue weighted by atomic mass is 35.5. The minimum absolute atomic E-state index is 0.0482. The molecule has 4 nitrogen and oxygen atoms in total. The molecule has 2 rings (SSSR count). The third kappa shape index (κ3) is 4.39. The molecule has 0 aromatic heterocycles. The highest BCUT2D eigenvalue weighted by molar-refractivity contribution is 6.29. The van der Waals surface area contributed by atoms with Crippen molar-refractivity contribution in [2.24, 2.45) is 0 Å². The lowest BCUT2D eigenvalue weighted by Crippen LogP contribution is -2.38. The van der Waals surface area contributed by atoms with Crippen LogP contribution in [0.25, 0.3) is 0 Å². The number of amides is 1. The Hall–Kier alpha value is -2.20. The number of ether oxygens (including phenoxy) is 1. The molecule has 0 saturated heterocycles. The van der Waals surface area contributed by atoms with E-state index in [2.05, 4.69) is 0 Å². The largest absolute Gasteiger partial charge is 0.489 e. The Bertz CT molecular complexity index is 659. The van der Waals surface area contributed by atoms with Gasteiger partial charge in [0.2, 0.25) is 5.91 Å². The van der Waals surface area contributed by atoms with Crippen molar-refractivity contribution in [3.05, 3.63) is 54.1 Å². The van der Waals surface area contributed by atoms with E-state index in [1.165, 1.54) is 0 Å². The lowest BCUT2D eigenvalue weighted by Gasteiger charge is -2.27. The number of carbonyl (C=O) groups excluding carboxylic acids is 1. The van der Waals surface area contributed by atoms with Crippen LogP contribution >= 0.6 is 11.6 Å². The molecule has 2 aromatic carbocycles. The SMILES string of the molecule is CC(C)N(C(=O)CCl)c1cc(OCc2ccccc2)ccc1N. The summed E-state index contributed by atoms with van der Waals surface area (Å²) in [5, 5.41) is 0. The van der Waals surface area contributed by atoms with E-state index in [0.717, 1.165) is 5.56 Å². The zero-order valence-electron chi connectivity index (χ0n) is 13.3. The molecule has 0 aliphatic heterocycles. The van der Waals surface area contributed by atoms with Crippen LogP contribution in [0.2, 0.25) is 0 Å². The quantitative estimate of drug-likeness (QED) is 0.646. The van der Waals surface area contributed by atoms with Gasteiger partial charge in [-0.2, -0.15) is 0 Å². The monoisotopic (exact) mass is 332 g/mol. The summed E-state index contributed by atoms with van der Waals surface area (Å²) in [4.78, 5) is 13.7. The molecule has 0 saturated carbocycles. The highest BCUT2D eigenvalue weighted by Gasteiger charge is 2.20. The summed E-state index contributed by atoms with van der Waals surface area (Å²) in [6.07, 6.45) is 0. The van der Waals surface area contributed by atoms with E-state index >= 15 is 0 Å². The van der Waals surface area contributed by atoms with Crippen molar-refractivity contribution >= 4 is 28.9 Å². The molecule has 0 radical (unpaired) electrons. The van der Waals surface area contributed by atoms with Crippen LogP contribution in [-0.2, 0) is 11.4 Å². The van der Waals surface area contributed by atoms with Crippen molar-refractivity contribution < 1.29 is 9.53 Å². The first kappa shape index (κ1) is 17.2. The smallest absolute Gasteiger partial charge is 0.242 e. The van der Waals surface area contributed by atoms with Crippen molar-refractivity contribution in [3.63, 3.8) is 0 Å². The molecule has 0 spiro atoms. The molecule has 0 heterocycles. The predicted molar refractivity (Wildman–Crippen MR) is 95.0 cm³/mol. The van der Waals surface area contributed by atoms with Crippen LogP contribution < -0.4 is 15.4 Å². The molecule has 1 amide bonds. The van der Waals surface area contributed by atoms with Gasteiger partial charge >= 0.3 is 0 Å². The number of rotatable bonds is 6. The Morgan fingerprint density at radius 3 is 2.52 bits per heavy atom. The van der Waals surface area contributed by atoms with E-state index in [0.29, 0.717) is 23.7 Å². The molecule has 0 bridgehead atoms. The van der Waals surface area contributed by atoms with Crippen molar-refractivity contribution in [1.82, 2.24) is 0 Å². The number of nitrogens with two attached hydrogens (primary N) is 1. The minimum atomic E-state index is -0.187. The molecule has 2 N–H and O–H groups in total. The van der Waals surface area contributed by atoms with Gasteiger partial charge in [-0.3, -0.25) is 4.79 Å². The average Bonchev–Trinajstić information content (AvgIpc) is 2.56. The molecular formula is C18H21ClN2O2. The topological polar surface area (TPSA) is 55.6 Å². The third-order valence-corrected chi connectivity index (χ3v) is 3.64. The first-order valence-electron chi connectivity index (χ1n) is 7.47. The second-order valence-corrected chi connectivity index (χ2v) is 5.75. The highest BCUT2D eigenvalue weighted by Crippen LogP contribution is 2.30. The number of benzene rings is 2. The second kappa shape index (κ2) is 7.88. The number of hydrogen-bond donors (Lipinski definition) is 1. The number of alkyl halides is 1. The summed E-state index contributed by atoms with van der Waals surface area (Å²) < 4.78 is 5.80. The second-order valence-electron chi connectivity index (χ2n) is 5.49. The lowest BCUT2D eigenvalue weighted by molar-refractivity contribution is -0.116. The number of anilines is 2. The third-order valence-electron chi connectivity index (χ3n) is 3.41. The Morgan fingerprint density at radius 2 is 1.91 bits per heavy atom. The molecule has 0 atom stereocenters. The van der Waals surface area contributed by atoms with Crippen molar-refractivity contribution in [2.75, 3.05) is 16.5 Å². The van der Waals surface area contributed by atoms with Crippen LogP contribution in [0.1, 0.15) is 19.4 Å². The Balaban J connectivity index is 2.22. The summed E-state index contributed by atoms with van der Waals surface area (Å²) in [7, 11) is 0. The number of halogens is 1. The summed E-state index contributed by atoms with van der Waals surface area (Å²) in [5.41, 5.74) is 8.25. The van der Waals surface area contributed by atoms with Gasteiger partial charge in [-0.1, -0.05) is 30.3 Å². The summed E-state index contributed by atoms with van der Waals surface area (Å²) in [5.74, 6) is 0.381. The van der Waals surface area contributed by atoms with Crippen LogP contribution in [0.4, 0.5) is 11.4 Å². The van der Waals surface area contributed by atoms with E-state index in [4.69, 9.17) is 22.1 Å². The van der Waals surface area contributed by atoms with Gasteiger partial charge in [-0.25, -0.2) is 0 Å². The standard InChI is InChI=1S/C18H21ClN2O2/c1-13(2)21(18(22)11-19)17-10-15(8-9-16(17)20)23-12-14-6-4-3-5-7-14/h3-10,13H,11-12,20H2,1-2H3. The Morgan fingerprint density at radius 1 is 1.22 bits per heavy atom. The van der Waals surface area contributed by atoms with E-state index in [-0.39, 0.29) is 17.8 Å². The first-order valence-corrected chi connectivity index (χ1v) is 8.00.